The molecule has 2 aromatic heterocycles. The lowest BCUT2D eigenvalue weighted by Crippen LogP contribution is -1.94. The Kier molecular flexibility index (Phi) is 3.64. The zero-order valence-electron chi connectivity index (χ0n) is 9.68. The van der Waals surface area contributed by atoms with Crippen molar-refractivity contribution in [1.82, 2.24) is 9.97 Å². The molecule has 19 heavy (non-hydrogen) atoms. The van der Waals surface area contributed by atoms with Crippen molar-refractivity contribution in [2.75, 3.05) is 0 Å². The molecule has 0 unspecified atom stereocenters. The molecular formula is C14H8BrClN2S. The highest BCUT2D eigenvalue weighted by atomic mass is 79.9. The molecule has 0 bridgehead atoms. The van der Waals surface area contributed by atoms with E-state index < -0.39 is 0 Å². The van der Waals surface area contributed by atoms with Gasteiger partial charge in [-0.1, -0.05) is 48.0 Å². The van der Waals surface area contributed by atoms with Crippen LogP contribution in [-0.2, 0) is 0 Å². The van der Waals surface area contributed by atoms with Gasteiger partial charge in [-0.05, 0) is 27.4 Å². The van der Waals surface area contributed by atoms with E-state index in [-0.39, 0.29) is 0 Å². The number of nitrogens with zero attached hydrogens (tertiary/aromatic N) is 2. The van der Waals surface area contributed by atoms with Crippen molar-refractivity contribution in [1.29, 1.82) is 0 Å². The van der Waals surface area contributed by atoms with Crippen LogP contribution >= 0.6 is 38.9 Å². The van der Waals surface area contributed by atoms with E-state index in [9.17, 15) is 0 Å². The Balaban J connectivity index is 2.20. The minimum absolute atomic E-state index is 0.428. The van der Waals surface area contributed by atoms with Gasteiger partial charge in [0.1, 0.15) is 5.15 Å². The Morgan fingerprint density at radius 1 is 1.00 bits per heavy atom. The molecule has 5 heteroatoms. The monoisotopic (exact) mass is 350 g/mol. The molecule has 1 aromatic carbocycles. The summed E-state index contributed by atoms with van der Waals surface area (Å²) in [5.41, 5.74) is 1.82. The second kappa shape index (κ2) is 5.41. The highest BCUT2D eigenvalue weighted by Crippen LogP contribution is 2.34. The number of hydrogen-bond donors (Lipinski definition) is 0. The quantitative estimate of drug-likeness (QED) is 0.586. The zero-order chi connectivity index (χ0) is 13.2. The highest BCUT2D eigenvalue weighted by Gasteiger charge is 2.13. The van der Waals surface area contributed by atoms with Gasteiger partial charge in [-0.2, -0.15) is 0 Å². The Hall–Kier alpha value is -1.23. The first-order valence-electron chi connectivity index (χ1n) is 5.58. The van der Waals surface area contributed by atoms with Gasteiger partial charge in [-0.25, -0.2) is 9.97 Å². The lowest BCUT2D eigenvalue weighted by molar-refractivity contribution is 1.17. The fourth-order valence-electron chi connectivity index (χ4n) is 1.72. The molecule has 0 spiro atoms. The Bertz CT molecular complexity index is 699. The van der Waals surface area contributed by atoms with Crippen LogP contribution in [0.4, 0.5) is 0 Å². The fraction of sp³-hybridized carbons (Fsp3) is 0. The van der Waals surface area contributed by atoms with Crippen LogP contribution in [0.1, 0.15) is 0 Å². The summed E-state index contributed by atoms with van der Waals surface area (Å²) in [6.07, 6.45) is 0. The minimum Gasteiger partial charge on any atom is -0.226 e. The number of rotatable bonds is 2. The van der Waals surface area contributed by atoms with Crippen LogP contribution in [0.5, 0.6) is 0 Å². The summed E-state index contributed by atoms with van der Waals surface area (Å²) in [7, 11) is 0. The van der Waals surface area contributed by atoms with Crippen LogP contribution in [0.25, 0.3) is 22.0 Å². The first-order chi connectivity index (χ1) is 9.25. The number of benzene rings is 1. The molecule has 0 radical (unpaired) electrons. The number of hydrogen-bond acceptors (Lipinski definition) is 3. The summed E-state index contributed by atoms with van der Waals surface area (Å²) in [6, 6.07) is 13.9. The molecule has 0 aliphatic carbocycles. The third-order valence-corrected chi connectivity index (χ3v) is 4.72. The normalized spacial score (nSPS) is 10.6. The zero-order valence-corrected chi connectivity index (χ0v) is 12.8. The lowest BCUT2D eigenvalue weighted by atomic mass is 10.1. The molecule has 3 aromatic rings. The molecule has 0 atom stereocenters. The number of thiophene rings is 1. The van der Waals surface area contributed by atoms with Crippen LogP contribution in [0.3, 0.4) is 0 Å². The highest BCUT2D eigenvalue weighted by molar-refractivity contribution is 9.10. The molecule has 0 N–H and O–H groups in total. The van der Waals surface area contributed by atoms with Gasteiger partial charge in [0.05, 0.1) is 15.0 Å². The van der Waals surface area contributed by atoms with Gasteiger partial charge >= 0.3 is 0 Å². The summed E-state index contributed by atoms with van der Waals surface area (Å²) in [5.74, 6) is 0.655. The standard InChI is InChI=1S/C14H8BrClN2S/c15-11-12(9-5-2-1-3-6-9)17-14(18-13(11)16)10-7-4-8-19-10/h1-8H. The maximum Gasteiger partial charge on any atom is 0.171 e. The van der Waals surface area contributed by atoms with Crippen molar-refractivity contribution in [3.8, 4) is 22.0 Å². The predicted molar refractivity (Wildman–Crippen MR) is 83.5 cm³/mol. The minimum atomic E-state index is 0.428. The van der Waals surface area contributed by atoms with Crippen molar-refractivity contribution in [3.63, 3.8) is 0 Å². The summed E-state index contributed by atoms with van der Waals surface area (Å²) >= 11 is 11.2. The topological polar surface area (TPSA) is 25.8 Å². The summed E-state index contributed by atoms with van der Waals surface area (Å²) < 4.78 is 0.723. The molecule has 0 fully saturated rings. The van der Waals surface area contributed by atoms with Gasteiger partial charge < -0.3 is 0 Å². The second-order valence-electron chi connectivity index (χ2n) is 3.84. The van der Waals surface area contributed by atoms with Gasteiger partial charge in [-0.3, -0.25) is 0 Å². The van der Waals surface area contributed by atoms with Crippen LogP contribution in [0.2, 0.25) is 5.15 Å². The first kappa shape index (κ1) is 12.8. The maximum absolute atomic E-state index is 6.19. The number of halogens is 2. The third kappa shape index (κ3) is 2.56. The molecule has 2 nitrogen and oxygen atoms in total. The average Bonchev–Trinajstić information content (AvgIpc) is 2.97. The predicted octanol–water partition coefficient (Wildman–Crippen LogP) is 5.29. The summed E-state index contributed by atoms with van der Waals surface area (Å²) in [4.78, 5) is 9.94. The van der Waals surface area contributed by atoms with Gasteiger partial charge in [0.2, 0.25) is 0 Å². The van der Waals surface area contributed by atoms with E-state index in [1.807, 2.05) is 47.8 Å². The average molecular weight is 352 g/mol. The summed E-state index contributed by atoms with van der Waals surface area (Å²) in [6.45, 7) is 0. The molecule has 94 valence electrons. The van der Waals surface area contributed by atoms with Crippen molar-refractivity contribution < 1.29 is 0 Å². The third-order valence-electron chi connectivity index (χ3n) is 2.60. The van der Waals surface area contributed by atoms with Gasteiger partial charge in [0.25, 0.3) is 0 Å². The van der Waals surface area contributed by atoms with E-state index in [2.05, 4.69) is 25.9 Å². The largest absolute Gasteiger partial charge is 0.226 e. The van der Waals surface area contributed by atoms with E-state index >= 15 is 0 Å². The van der Waals surface area contributed by atoms with E-state index in [0.29, 0.717) is 11.0 Å². The maximum atomic E-state index is 6.19. The van der Waals surface area contributed by atoms with Crippen molar-refractivity contribution in [2.24, 2.45) is 0 Å². The number of aromatic nitrogens is 2. The molecule has 0 amide bonds. The Labute approximate surface area is 128 Å². The Morgan fingerprint density at radius 3 is 2.47 bits per heavy atom. The molecule has 0 saturated heterocycles. The van der Waals surface area contributed by atoms with E-state index in [4.69, 9.17) is 11.6 Å². The van der Waals surface area contributed by atoms with Crippen LogP contribution in [0, 0.1) is 0 Å². The molecule has 0 aliphatic heterocycles. The van der Waals surface area contributed by atoms with Gasteiger partial charge in [0.15, 0.2) is 5.82 Å². The van der Waals surface area contributed by atoms with Crippen molar-refractivity contribution in [3.05, 3.63) is 57.5 Å². The lowest BCUT2D eigenvalue weighted by Gasteiger charge is -2.07. The van der Waals surface area contributed by atoms with Crippen LogP contribution < -0.4 is 0 Å². The van der Waals surface area contributed by atoms with E-state index in [1.165, 1.54) is 0 Å². The van der Waals surface area contributed by atoms with Crippen LogP contribution in [0.15, 0.2) is 52.3 Å². The van der Waals surface area contributed by atoms with Crippen molar-refractivity contribution in [2.45, 2.75) is 0 Å². The molecule has 2 heterocycles. The molecule has 0 aliphatic rings. The van der Waals surface area contributed by atoms with Gasteiger partial charge in [-0.15, -0.1) is 11.3 Å². The SMILES string of the molecule is Clc1nc(-c2cccs2)nc(-c2ccccc2)c1Br. The molecule has 3 rings (SSSR count). The fourth-order valence-corrected chi connectivity index (χ4v) is 2.96. The Morgan fingerprint density at radius 2 is 1.79 bits per heavy atom. The first-order valence-corrected chi connectivity index (χ1v) is 7.63. The summed E-state index contributed by atoms with van der Waals surface area (Å²) in [5, 5.41) is 2.42. The smallest absolute Gasteiger partial charge is 0.171 e. The second-order valence-corrected chi connectivity index (χ2v) is 5.94. The van der Waals surface area contributed by atoms with Gasteiger partial charge in [0, 0.05) is 5.56 Å². The van der Waals surface area contributed by atoms with Crippen molar-refractivity contribution >= 4 is 38.9 Å². The van der Waals surface area contributed by atoms with Crippen LogP contribution in [-0.4, -0.2) is 9.97 Å². The molecular weight excluding hydrogens is 344 g/mol. The van der Waals surface area contributed by atoms with E-state index in [0.717, 1.165) is 20.6 Å². The molecule has 0 saturated carbocycles. The van der Waals surface area contributed by atoms with E-state index in [1.54, 1.807) is 11.3 Å².